The Labute approximate surface area is 205 Å². The van der Waals surface area contributed by atoms with E-state index in [9.17, 15) is 19.5 Å². The summed E-state index contributed by atoms with van der Waals surface area (Å²) in [7, 11) is 0. The summed E-state index contributed by atoms with van der Waals surface area (Å²) in [6, 6.07) is 20.7. The van der Waals surface area contributed by atoms with Crippen LogP contribution in [0.3, 0.4) is 0 Å². The number of nitrogens with zero attached hydrogens (tertiary/aromatic N) is 1. The Morgan fingerprint density at radius 3 is 2.03 bits per heavy atom. The van der Waals surface area contributed by atoms with E-state index in [0.717, 1.165) is 16.7 Å². The van der Waals surface area contributed by atoms with E-state index in [4.69, 9.17) is 0 Å². The summed E-state index contributed by atoms with van der Waals surface area (Å²) in [5.74, 6) is -1.50. The molecule has 35 heavy (non-hydrogen) atoms. The number of rotatable bonds is 5. The third-order valence-electron chi connectivity index (χ3n) is 6.60. The molecule has 6 heteroatoms. The fourth-order valence-corrected chi connectivity index (χ4v) is 4.12. The van der Waals surface area contributed by atoms with Crippen LogP contribution in [-0.4, -0.2) is 33.3 Å². The maximum absolute atomic E-state index is 12.9. The molecule has 0 bridgehead atoms. The number of hydrogen-bond acceptors (Lipinski definition) is 3. The molecule has 0 atom stereocenters. The molecule has 0 radical (unpaired) electrons. The summed E-state index contributed by atoms with van der Waals surface area (Å²) in [6.45, 7) is 9.74. The van der Waals surface area contributed by atoms with Crippen molar-refractivity contribution in [3.05, 3.63) is 89.0 Å². The van der Waals surface area contributed by atoms with Crippen molar-refractivity contribution in [1.29, 1.82) is 0 Å². The Hall–Kier alpha value is -3.93. The molecule has 0 spiro atoms. The van der Waals surface area contributed by atoms with Gasteiger partial charge >= 0.3 is 5.97 Å². The normalized spacial score (nSPS) is 13.5. The van der Waals surface area contributed by atoms with Crippen molar-refractivity contribution in [2.45, 2.75) is 52.1 Å². The number of nitrogens with one attached hydrogen (secondary N) is 1. The highest BCUT2D eigenvalue weighted by Crippen LogP contribution is 2.33. The van der Waals surface area contributed by atoms with Gasteiger partial charge in [-0.15, -0.1) is 0 Å². The molecule has 1 heterocycles. The molecule has 2 amide bonds. The molecule has 1 aliphatic heterocycles. The molecule has 1 aliphatic rings. The molecule has 3 aromatic carbocycles. The Morgan fingerprint density at radius 1 is 0.857 bits per heavy atom. The first-order valence-corrected chi connectivity index (χ1v) is 11.6. The Kier molecular flexibility index (Phi) is 6.01. The van der Waals surface area contributed by atoms with Gasteiger partial charge in [-0.2, -0.15) is 0 Å². The second-order valence-electron chi connectivity index (χ2n) is 10.5. The van der Waals surface area contributed by atoms with Gasteiger partial charge in [-0.05, 0) is 71.8 Å². The van der Waals surface area contributed by atoms with Gasteiger partial charge in [0.1, 0.15) is 5.54 Å². The molecule has 0 aromatic heterocycles. The number of amides is 2. The summed E-state index contributed by atoms with van der Waals surface area (Å²) in [4.78, 5) is 38.6. The minimum absolute atomic E-state index is 0.0256. The maximum atomic E-state index is 12.9. The first-order chi connectivity index (χ1) is 16.4. The first-order valence-electron chi connectivity index (χ1n) is 11.6. The Bertz CT molecular complexity index is 1300. The second-order valence-corrected chi connectivity index (χ2v) is 10.5. The monoisotopic (exact) mass is 470 g/mol. The molecule has 3 aromatic rings. The Balaban J connectivity index is 1.49. The first kappa shape index (κ1) is 24.2. The van der Waals surface area contributed by atoms with Gasteiger partial charge in [0.15, 0.2) is 0 Å². The number of carbonyl (C=O) groups is 3. The summed E-state index contributed by atoms with van der Waals surface area (Å²) >= 11 is 0. The van der Waals surface area contributed by atoms with Crippen LogP contribution in [0.15, 0.2) is 66.7 Å². The lowest BCUT2D eigenvalue weighted by atomic mass is 9.87. The smallest absolute Gasteiger partial charge is 0.329 e. The van der Waals surface area contributed by atoms with Crippen LogP contribution < -0.4 is 5.32 Å². The van der Waals surface area contributed by atoms with Gasteiger partial charge in [0.2, 0.25) is 0 Å². The van der Waals surface area contributed by atoms with Crippen LogP contribution in [-0.2, 0) is 16.8 Å². The molecule has 0 saturated heterocycles. The third kappa shape index (κ3) is 4.69. The van der Waals surface area contributed by atoms with Gasteiger partial charge in [-0.3, -0.25) is 9.59 Å². The average Bonchev–Trinajstić information content (AvgIpc) is 3.15. The van der Waals surface area contributed by atoms with E-state index in [-0.39, 0.29) is 23.8 Å². The molecule has 6 nitrogen and oxygen atoms in total. The topological polar surface area (TPSA) is 86.7 Å². The molecule has 0 saturated carbocycles. The number of hydrogen-bond donors (Lipinski definition) is 2. The summed E-state index contributed by atoms with van der Waals surface area (Å²) in [5, 5.41) is 12.4. The zero-order valence-electron chi connectivity index (χ0n) is 20.7. The van der Waals surface area contributed by atoms with E-state index < -0.39 is 11.5 Å². The van der Waals surface area contributed by atoms with Crippen LogP contribution in [0.5, 0.6) is 0 Å². The summed E-state index contributed by atoms with van der Waals surface area (Å²) < 4.78 is 0. The van der Waals surface area contributed by atoms with Gasteiger partial charge in [-0.1, -0.05) is 57.2 Å². The highest BCUT2D eigenvalue weighted by atomic mass is 16.4. The van der Waals surface area contributed by atoms with E-state index >= 15 is 0 Å². The lowest BCUT2D eigenvalue weighted by Gasteiger charge is -2.31. The second kappa shape index (κ2) is 8.69. The zero-order chi connectivity index (χ0) is 25.5. The number of aliphatic carboxylic acids is 1. The fourth-order valence-electron chi connectivity index (χ4n) is 4.12. The number of carboxylic acids is 1. The van der Waals surface area contributed by atoms with Crippen LogP contribution in [0.1, 0.15) is 66.5 Å². The molecular weight excluding hydrogens is 440 g/mol. The average molecular weight is 471 g/mol. The van der Waals surface area contributed by atoms with Crippen molar-refractivity contribution in [2.24, 2.45) is 0 Å². The van der Waals surface area contributed by atoms with Gasteiger partial charge in [0.25, 0.3) is 11.8 Å². The van der Waals surface area contributed by atoms with E-state index in [0.29, 0.717) is 16.8 Å². The number of anilines is 1. The maximum Gasteiger partial charge on any atom is 0.329 e. The Morgan fingerprint density at radius 2 is 1.46 bits per heavy atom. The minimum Gasteiger partial charge on any atom is -0.480 e. The van der Waals surface area contributed by atoms with Gasteiger partial charge in [-0.25, -0.2) is 4.79 Å². The van der Waals surface area contributed by atoms with Crippen molar-refractivity contribution in [3.63, 3.8) is 0 Å². The minimum atomic E-state index is -1.29. The molecule has 0 fully saturated rings. The molecule has 4 rings (SSSR count). The van der Waals surface area contributed by atoms with Gasteiger partial charge < -0.3 is 15.3 Å². The summed E-state index contributed by atoms with van der Waals surface area (Å²) in [6.07, 6.45) is 0. The lowest BCUT2D eigenvalue weighted by molar-refractivity contribution is -0.147. The quantitative estimate of drug-likeness (QED) is 0.499. The van der Waals surface area contributed by atoms with Gasteiger partial charge in [0.05, 0.1) is 0 Å². The molecule has 2 N–H and O–H groups in total. The van der Waals surface area contributed by atoms with Crippen LogP contribution in [0.25, 0.3) is 11.1 Å². The predicted octanol–water partition coefficient (Wildman–Crippen LogP) is 5.72. The van der Waals surface area contributed by atoms with Crippen molar-refractivity contribution < 1.29 is 19.5 Å². The van der Waals surface area contributed by atoms with Crippen molar-refractivity contribution in [1.82, 2.24) is 4.90 Å². The van der Waals surface area contributed by atoms with Gasteiger partial charge in [0, 0.05) is 23.4 Å². The molecule has 0 unspecified atom stereocenters. The third-order valence-corrected chi connectivity index (χ3v) is 6.60. The molecular formula is C29H30N2O4. The number of carboxylic acid groups (broad SMARTS) is 1. The standard InChI is InChI=1S/C29H30N2O4/c1-28(2,3)22-12-8-19(9-13-22)25(32)30-23-14-10-18(11-15-23)20-6-7-21-17-31(26(33)24(21)16-20)29(4,5)27(34)35/h6-16H,17H2,1-5H3,(H,30,32)(H,34,35). The van der Waals surface area contributed by atoms with Crippen LogP contribution in [0.2, 0.25) is 0 Å². The van der Waals surface area contributed by atoms with E-state index in [1.165, 1.54) is 24.3 Å². The van der Waals surface area contributed by atoms with E-state index in [1.54, 1.807) is 6.07 Å². The van der Waals surface area contributed by atoms with E-state index in [2.05, 4.69) is 26.1 Å². The lowest BCUT2D eigenvalue weighted by Crippen LogP contribution is -2.50. The van der Waals surface area contributed by atoms with E-state index in [1.807, 2.05) is 60.7 Å². The molecule has 0 aliphatic carbocycles. The van der Waals surface area contributed by atoms with Crippen molar-refractivity contribution in [3.8, 4) is 11.1 Å². The van der Waals surface area contributed by atoms with Crippen LogP contribution in [0.4, 0.5) is 5.69 Å². The van der Waals surface area contributed by atoms with Crippen molar-refractivity contribution >= 4 is 23.5 Å². The SMILES string of the molecule is CC(C)(C)c1ccc(C(=O)Nc2ccc(-c3ccc4c(c3)C(=O)N(C(C)(C)C(=O)O)C4)cc2)cc1. The number of benzene rings is 3. The largest absolute Gasteiger partial charge is 0.480 e. The highest BCUT2D eigenvalue weighted by molar-refractivity contribution is 6.04. The number of fused-ring (bicyclic) bond motifs is 1. The fraction of sp³-hybridized carbons (Fsp3) is 0.276. The highest BCUT2D eigenvalue weighted by Gasteiger charge is 2.42. The zero-order valence-corrected chi connectivity index (χ0v) is 20.7. The van der Waals surface area contributed by atoms with Crippen LogP contribution in [0, 0.1) is 0 Å². The van der Waals surface area contributed by atoms with Crippen LogP contribution >= 0.6 is 0 Å². The number of carbonyl (C=O) groups excluding carboxylic acids is 2. The molecule has 180 valence electrons. The predicted molar refractivity (Wildman–Crippen MR) is 137 cm³/mol. The summed E-state index contributed by atoms with van der Waals surface area (Å²) in [5.41, 5.74) is 4.24. The van der Waals surface area contributed by atoms with Crippen molar-refractivity contribution in [2.75, 3.05) is 5.32 Å².